The molecule has 0 saturated heterocycles. The molecule has 0 amide bonds. The van der Waals surface area contributed by atoms with Gasteiger partial charge in [0.15, 0.2) is 0 Å². The molecule has 1 aromatic rings. The molecule has 0 N–H and O–H groups in total. The highest BCUT2D eigenvalue weighted by Gasteiger charge is 2.06. The van der Waals surface area contributed by atoms with E-state index in [0.29, 0.717) is 18.6 Å². The number of hydrogen-bond donors (Lipinski definition) is 0. The van der Waals surface area contributed by atoms with Crippen molar-refractivity contribution in [2.75, 3.05) is 13.7 Å². The van der Waals surface area contributed by atoms with E-state index in [9.17, 15) is 4.79 Å². The van der Waals surface area contributed by atoms with Crippen LogP contribution in [0, 0.1) is 0 Å². The standard InChI is InChI=1S/C13H16O3/c1-10(2)8-9-16-13(14)11-4-6-12(15-3)7-5-11/h4-7H,1,8-9H2,2-3H3. The van der Waals surface area contributed by atoms with Crippen molar-refractivity contribution in [1.29, 1.82) is 0 Å². The van der Waals surface area contributed by atoms with Gasteiger partial charge >= 0.3 is 5.97 Å². The topological polar surface area (TPSA) is 35.5 Å². The van der Waals surface area contributed by atoms with Gasteiger partial charge < -0.3 is 9.47 Å². The van der Waals surface area contributed by atoms with Crippen molar-refractivity contribution in [3.8, 4) is 5.75 Å². The summed E-state index contributed by atoms with van der Waals surface area (Å²) < 4.78 is 10.1. The summed E-state index contributed by atoms with van der Waals surface area (Å²) in [5, 5.41) is 0. The Morgan fingerprint density at radius 3 is 2.44 bits per heavy atom. The molecule has 0 aliphatic rings. The molecule has 86 valence electrons. The summed E-state index contributed by atoms with van der Waals surface area (Å²) in [6.07, 6.45) is 0.696. The van der Waals surface area contributed by atoms with Gasteiger partial charge in [-0.25, -0.2) is 4.79 Å². The van der Waals surface area contributed by atoms with Gasteiger partial charge in [-0.1, -0.05) is 5.57 Å². The third-order valence-electron chi connectivity index (χ3n) is 2.09. The van der Waals surface area contributed by atoms with Crippen LogP contribution in [0.3, 0.4) is 0 Å². The Hall–Kier alpha value is -1.77. The van der Waals surface area contributed by atoms with Crippen LogP contribution in [0.15, 0.2) is 36.4 Å². The van der Waals surface area contributed by atoms with Gasteiger partial charge in [0.2, 0.25) is 0 Å². The van der Waals surface area contributed by atoms with Crippen LogP contribution < -0.4 is 4.74 Å². The van der Waals surface area contributed by atoms with Gasteiger partial charge in [0.05, 0.1) is 19.3 Å². The van der Waals surface area contributed by atoms with E-state index >= 15 is 0 Å². The summed E-state index contributed by atoms with van der Waals surface area (Å²) in [6.45, 7) is 6.02. The first-order valence-electron chi connectivity index (χ1n) is 5.09. The first-order chi connectivity index (χ1) is 7.63. The minimum Gasteiger partial charge on any atom is -0.497 e. The predicted molar refractivity (Wildman–Crippen MR) is 62.7 cm³/mol. The Morgan fingerprint density at radius 2 is 1.94 bits per heavy atom. The third-order valence-corrected chi connectivity index (χ3v) is 2.09. The maximum atomic E-state index is 11.5. The van der Waals surface area contributed by atoms with Crippen molar-refractivity contribution < 1.29 is 14.3 Å². The summed E-state index contributed by atoms with van der Waals surface area (Å²) in [5.74, 6) is 0.405. The summed E-state index contributed by atoms with van der Waals surface area (Å²) in [7, 11) is 1.58. The minimum absolute atomic E-state index is 0.316. The summed E-state index contributed by atoms with van der Waals surface area (Å²) in [4.78, 5) is 11.5. The zero-order valence-corrected chi connectivity index (χ0v) is 9.66. The van der Waals surface area contributed by atoms with Crippen LogP contribution in [0.1, 0.15) is 23.7 Å². The van der Waals surface area contributed by atoms with Crippen LogP contribution in [-0.4, -0.2) is 19.7 Å². The maximum Gasteiger partial charge on any atom is 0.338 e. The smallest absolute Gasteiger partial charge is 0.338 e. The molecule has 0 saturated carbocycles. The molecule has 0 spiro atoms. The van der Waals surface area contributed by atoms with E-state index in [1.54, 1.807) is 31.4 Å². The molecule has 0 fully saturated rings. The Labute approximate surface area is 95.7 Å². The van der Waals surface area contributed by atoms with E-state index in [-0.39, 0.29) is 5.97 Å². The number of esters is 1. The van der Waals surface area contributed by atoms with Gasteiger partial charge in [0, 0.05) is 6.42 Å². The Bertz CT molecular complexity index is 365. The highest BCUT2D eigenvalue weighted by molar-refractivity contribution is 5.89. The van der Waals surface area contributed by atoms with E-state index in [2.05, 4.69) is 6.58 Å². The Balaban J connectivity index is 2.49. The third kappa shape index (κ3) is 3.77. The molecule has 0 bridgehead atoms. The normalized spacial score (nSPS) is 9.62. The Kier molecular flexibility index (Phi) is 4.58. The van der Waals surface area contributed by atoms with Gasteiger partial charge in [0.1, 0.15) is 5.75 Å². The number of hydrogen-bond acceptors (Lipinski definition) is 3. The molecular formula is C13H16O3. The molecule has 0 aliphatic carbocycles. The van der Waals surface area contributed by atoms with Crippen molar-refractivity contribution in [3.63, 3.8) is 0 Å². The number of benzene rings is 1. The second-order valence-electron chi connectivity index (χ2n) is 3.57. The largest absolute Gasteiger partial charge is 0.497 e. The van der Waals surface area contributed by atoms with Gasteiger partial charge in [-0.2, -0.15) is 0 Å². The molecule has 0 heterocycles. The van der Waals surface area contributed by atoms with E-state index in [4.69, 9.17) is 9.47 Å². The summed E-state index contributed by atoms with van der Waals surface area (Å²) in [5.41, 5.74) is 1.53. The number of carbonyl (C=O) groups excluding carboxylic acids is 1. The lowest BCUT2D eigenvalue weighted by atomic mass is 10.2. The Morgan fingerprint density at radius 1 is 1.31 bits per heavy atom. The number of methoxy groups -OCH3 is 1. The molecule has 1 aromatic carbocycles. The van der Waals surface area contributed by atoms with Crippen LogP contribution in [-0.2, 0) is 4.74 Å². The number of rotatable bonds is 5. The number of ether oxygens (including phenoxy) is 2. The second-order valence-corrected chi connectivity index (χ2v) is 3.57. The molecule has 0 atom stereocenters. The van der Waals surface area contributed by atoms with Crippen molar-refractivity contribution in [1.82, 2.24) is 0 Å². The van der Waals surface area contributed by atoms with Crippen LogP contribution in [0.5, 0.6) is 5.75 Å². The fourth-order valence-electron chi connectivity index (χ4n) is 1.13. The summed E-state index contributed by atoms with van der Waals surface area (Å²) in [6, 6.07) is 6.83. The minimum atomic E-state index is -0.316. The van der Waals surface area contributed by atoms with Crippen molar-refractivity contribution in [2.24, 2.45) is 0 Å². The fourth-order valence-corrected chi connectivity index (χ4v) is 1.13. The molecule has 16 heavy (non-hydrogen) atoms. The van der Waals surface area contributed by atoms with Crippen LogP contribution in [0.25, 0.3) is 0 Å². The van der Waals surface area contributed by atoms with Crippen molar-refractivity contribution >= 4 is 5.97 Å². The van der Waals surface area contributed by atoms with Gasteiger partial charge in [-0.15, -0.1) is 6.58 Å². The van der Waals surface area contributed by atoms with E-state index in [0.717, 1.165) is 11.3 Å². The molecule has 3 nitrogen and oxygen atoms in total. The van der Waals surface area contributed by atoms with Crippen LogP contribution >= 0.6 is 0 Å². The average molecular weight is 220 g/mol. The molecule has 1 rings (SSSR count). The molecule has 3 heteroatoms. The van der Waals surface area contributed by atoms with Crippen LogP contribution in [0.2, 0.25) is 0 Å². The highest BCUT2D eigenvalue weighted by atomic mass is 16.5. The lowest BCUT2D eigenvalue weighted by molar-refractivity contribution is 0.0509. The first-order valence-corrected chi connectivity index (χ1v) is 5.09. The quantitative estimate of drug-likeness (QED) is 0.565. The average Bonchev–Trinajstić information content (AvgIpc) is 2.28. The molecular weight excluding hydrogens is 204 g/mol. The number of carbonyl (C=O) groups is 1. The highest BCUT2D eigenvalue weighted by Crippen LogP contribution is 2.12. The van der Waals surface area contributed by atoms with Gasteiger partial charge in [-0.3, -0.25) is 0 Å². The van der Waals surface area contributed by atoms with Crippen LogP contribution in [0.4, 0.5) is 0 Å². The zero-order valence-electron chi connectivity index (χ0n) is 9.66. The zero-order chi connectivity index (χ0) is 12.0. The monoisotopic (exact) mass is 220 g/mol. The molecule has 0 unspecified atom stereocenters. The molecule has 0 aliphatic heterocycles. The summed E-state index contributed by atoms with van der Waals surface area (Å²) >= 11 is 0. The molecule has 0 aromatic heterocycles. The second kappa shape index (κ2) is 5.95. The van der Waals surface area contributed by atoms with Gasteiger partial charge in [-0.05, 0) is 31.2 Å². The lowest BCUT2D eigenvalue weighted by Crippen LogP contribution is -2.06. The first kappa shape index (κ1) is 12.3. The van der Waals surface area contributed by atoms with E-state index in [1.165, 1.54) is 0 Å². The molecule has 0 radical (unpaired) electrons. The van der Waals surface area contributed by atoms with Crippen molar-refractivity contribution in [3.05, 3.63) is 42.0 Å². The maximum absolute atomic E-state index is 11.5. The predicted octanol–water partition coefficient (Wildman–Crippen LogP) is 2.82. The lowest BCUT2D eigenvalue weighted by Gasteiger charge is -2.05. The van der Waals surface area contributed by atoms with E-state index < -0.39 is 0 Å². The fraction of sp³-hybridized carbons (Fsp3) is 0.308. The van der Waals surface area contributed by atoms with E-state index in [1.807, 2.05) is 6.92 Å². The SMILES string of the molecule is C=C(C)CCOC(=O)c1ccc(OC)cc1. The van der Waals surface area contributed by atoms with Gasteiger partial charge in [0.25, 0.3) is 0 Å². The van der Waals surface area contributed by atoms with Crippen molar-refractivity contribution in [2.45, 2.75) is 13.3 Å².